The van der Waals surface area contributed by atoms with E-state index in [2.05, 4.69) is 31.2 Å². The van der Waals surface area contributed by atoms with Crippen LogP contribution in [0, 0.1) is 0 Å². The van der Waals surface area contributed by atoms with Gasteiger partial charge in [0, 0.05) is 0 Å². The fourth-order valence-electron chi connectivity index (χ4n) is 2.29. The number of aryl methyl sites for hydroxylation is 2. The van der Waals surface area contributed by atoms with Crippen LogP contribution in [-0.4, -0.2) is 21.3 Å². The lowest BCUT2D eigenvalue weighted by Gasteiger charge is -2.05. The van der Waals surface area contributed by atoms with Gasteiger partial charge in [-0.05, 0) is 36.8 Å². The van der Waals surface area contributed by atoms with Gasteiger partial charge in [0.1, 0.15) is 0 Å². The summed E-state index contributed by atoms with van der Waals surface area (Å²) in [5, 5.41) is 0. The molecule has 4 heteroatoms. The lowest BCUT2D eigenvalue weighted by Crippen LogP contribution is -2.04. The van der Waals surface area contributed by atoms with E-state index in [4.69, 9.17) is 4.18 Å². The Labute approximate surface area is 129 Å². The maximum absolute atomic E-state index is 10.8. The van der Waals surface area contributed by atoms with Crippen LogP contribution in [0.1, 0.15) is 56.6 Å². The minimum atomic E-state index is -3.30. The molecule has 1 aromatic rings. The Morgan fingerprint density at radius 2 is 1.38 bits per heavy atom. The maximum Gasteiger partial charge on any atom is 0.264 e. The molecule has 0 bridgehead atoms. The zero-order valence-corrected chi connectivity index (χ0v) is 14.1. The van der Waals surface area contributed by atoms with Gasteiger partial charge in [-0.25, -0.2) is 0 Å². The SMILES string of the molecule is CCCCCCCc1ccc(CCCOS(C)(=O)=O)cc1. The van der Waals surface area contributed by atoms with Crippen molar-refractivity contribution in [2.45, 2.75) is 58.3 Å². The number of hydrogen-bond acceptors (Lipinski definition) is 3. The maximum atomic E-state index is 10.8. The summed E-state index contributed by atoms with van der Waals surface area (Å²) in [6.45, 7) is 2.50. The highest BCUT2D eigenvalue weighted by molar-refractivity contribution is 7.85. The van der Waals surface area contributed by atoms with E-state index in [-0.39, 0.29) is 6.61 Å². The first-order chi connectivity index (χ1) is 10.0. The molecule has 0 saturated carbocycles. The van der Waals surface area contributed by atoms with E-state index in [1.54, 1.807) is 0 Å². The first-order valence-corrected chi connectivity index (χ1v) is 9.75. The van der Waals surface area contributed by atoms with Gasteiger partial charge in [-0.15, -0.1) is 0 Å². The number of hydrogen-bond donors (Lipinski definition) is 0. The highest BCUT2D eigenvalue weighted by Crippen LogP contribution is 2.11. The van der Waals surface area contributed by atoms with Gasteiger partial charge >= 0.3 is 0 Å². The normalized spacial score (nSPS) is 11.7. The topological polar surface area (TPSA) is 43.4 Å². The lowest BCUT2D eigenvalue weighted by atomic mass is 10.0. The quantitative estimate of drug-likeness (QED) is 0.456. The monoisotopic (exact) mass is 312 g/mol. The van der Waals surface area contributed by atoms with Crippen LogP contribution < -0.4 is 0 Å². The Hall–Kier alpha value is -0.870. The first kappa shape index (κ1) is 18.2. The van der Waals surface area contributed by atoms with Gasteiger partial charge in [0.25, 0.3) is 10.1 Å². The van der Waals surface area contributed by atoms with Crippen molar-refractivity contribution in [2.75, 3.05) is 12.9 Å². The molecular formula is C17H28O3S. The van der Waals surface area contributed by atoms with Crippen molar-refractivity contribution in [1.82, 2.24) is 0 Å². The molecule has 0 saturated heterocycles. The third-order valence-corrected chi connectivity index (χ3v) is 4.09. The Bertz CT molecular complexity index is 477. The van der Waals surface area contributed by atoms with Crippen molar-refractivity contribution in [1.29, 1.82) is 0 Å². The van der Waals surface area contributed by atoms with Gasteiger partial charge in [0.2, 0.25) is 0 Å². The van der Waals surface area contributed by atoms with Crippen LogP contribution >= 0.6 is 0 Å². The zero-order chi connectivity index (χ0) is 15.6. The molecule has 0 amide bonds. The molecule has 0 aliphatic carbocycles. The highest BCUT2D eigenvalue weighted by Gasteiger charge is 2.01. The van der Waals surface area contributed by atoms with Crippen molar-refractivity contribution >= 4 is 10.1 Å². The smallest absolute Gasteiger partial charge is 0.264 e. The molecule has 0 heterocycles. The molecule has 120 valence electrons. The third-order valence-electron chi connectivity index (χ3n) is 3.50. The molecule has 3 nitrogen and oxygen atoms in total. The van der Waals surface area contributed by atoms with E-state index in [0.29, 0.717) is 0 Å². The van der Waals surface area contributed by atoms with Crippen molar-refractivity contribution in [3.8, 4) is 0 Å². The predicted octanol–water partition coefficient (Wildman–Crippen LogP) is 4.11. The fraction of sp³-hybridized carbons (Fsp3) is 0.647. The van der Waals surface area contributed by atoms with Gasteiger partial charge in [0.15, 0.2) is 0 Å². The Morgan fingerprint density at radius 3 is 1.90 bits per heavy atom. The summed E-state index contributed by atoms with van der Waals surface area (Å²) in [5.74, 6) is 0. The molecule has 0 aromatic heterocycles. The van der Waals surface area contributed by atoms with Crippen LogP contribution in [0.5, 0.6) is 0 Å². The van der Waals surface area contributed by atoms with E-state index < -0.39 is 10.1 Å². The van der Waals surface area contributed by atoms with Crippen LogP contribution in [0.2, 0.25) is 0 Å². The van der Waals surface area contributed by atoms with E-state index in [1.165, 1.54) is 43.2 Å². The van der Waals surface area contributed by atoms with Gasteiger partial charge in [-0.2, -0.15) is 8.42 Å². The molecule has 0 unspecified atom stereocenters. The molecule has 0 radical (unpaired) electrons. The molecule has 0 spiro atoms. The summed E-state index contributed by atoms with van der Waals surface area (Å²) in [5.41, 5.74) is 2.63. The van der Waals surface area contributed by atoms with Crippen LogP contribution in [0.3, 0.4) is 0 Å². The molecule has 0 fully saturated rings. The second-order valence-corrected chi connectivity index (χ2v) is 7.25. The number of unbranched alkanes of at least 4 members (excludes halogenated alkanes) is 4. The zero-order valence-electron chi connectivity index (χ0n) is 13.3. The van der Waals surface area contributed by atoms with E-state index in [1.807, 2.05) is 0 Å². The summed E-state index contributed by atoms with van der Waals surface area (Å²) < 4.78 is 26.4. The van der Waals surface area contributed by atoms with Crippen molar-refractivity contribution in [2.24, 2.45) is 0 Å². The van der Waals surface area contributed by atoms with Crippen LogP contribution in [0.25, 0.3) is 0 Å². The van der Waals surface area contributed by atoms with Crippen LogP contribution in [-0.2, 0) is 27.1 Å². The second kappa shape index (κ2) is 9.96. The number of benzene rings is 1. The lowest BCUT2D eigenvalue weighted by molar-refractivity contribution is 0.316. The minimum absolute atomic E-state index is 0.262. The molecule has 1 rings (SSSR count). The predicted molar refractivity (Wildman–Crippen MR) is 88.0 cm³/mol. The molecular weight excluding hydrogens is 284 g/mol. The van der Waals surface area contributed by atoms with Gasteiger partial charge in [-0.1, -0.05) is 56.9 Å². The van der Waals surface area contributed by atoms with Gasteiger partial charge < -0.3 is 0 Å². The van der Waals surface area contributed by atoms with Crippen molar-refractivity contribution in [3.05, 3.63) is 35.4 Å². The summed E-state index contributed by atoms with van der Waals surface area (Å²) in [7, 11) is -3.30. The van der Waals surface area contributed by atoms with Crippen LogP contribution in [0.15, 0.2) is 24.3 Å². The first-order valence-electron chi connectivity index (χ1n) is 7.93. The molecule has 0 aliphatic heterocycles. The summed E-state index contributed by atoms with van der Waals surface area (Å²) >= 11 is 0. The Morgan fingerprint density at radius 1 is 0.857 bits per heavy atom. The van der Waals surface area contributed by atoms with E-state index in [0.717, 1.165) is 25.5 Å². The van der Waals surface area contributed by atoms with Gasteiger partial charge in [-0.3, -0.25) is 4.18 Å². The number of rotatable bonds is 11. The molecule has 0 atom stereocenters. The average molecular weight is 312 g/mol. The summed E-state index contributed by atoms with van der Waals surface area (Å²) in [6, 6.07) is 8.66. The minimum Gasteiger partial charge on any atom is -0.270 e. The highest BCUT2D eigenvalue weighted by atomic mass is 32.2. The van der Waals surface area contributed by atoms with E-state index >= 15 is 0 Å². The Kier molecular flexibility index (Phi) is 8.62. The molecule has 21 heavy (non-hydrogen) atoms. The average Bonchev–Trinajstić information content (AvgIpc) is 2.44. The molecule has 0 N–H and O–H groups in total. The van der Waals surface area contributed by atoms with Crippen molar-refractivity contribution in [3.63, 3.8) is 0 Å². The van der Waals surface area contributed by atoms with Crippen molar-refractivity contribution < 1.29 is 12.6 Å². The largest absolute Gasteiger partial charge is 0.270 e. The standard InChI is InChI=1S/C17H28O3S/c1-3-4-5-6-7-9-16-11-13-17(14-12-16)10-8-15-20-21(2,18)19/h11-14H,3-10,15H2,1-2H3. The third kappa shape index (κ3) is 9.64. The molecule has 1 aromatic carbocycles. The molecule has 0 aliphatic rings. The second-order valence-electron chi connectivity index (χ2n) is 5.61. The van der Waals surface area contributed by atoms with E-state index in [9.17, 15) is 8.42 Å². The fourth-order valence-corrected chi connectivity index (χ4v) is 2.71. The summed E-state index contributed by atoms with van der Waals surface area (Å²) in [6.07, 6.45) is 10.4. The summed E-state index contributed by atoms with van der Waals surface area (Å²) in [4.78, 5) is 0. The Balaban J connectivity index is 2.21. The van der Waals surface area contributed by atoms with Crippen LogP contribution in [0.4, 0.5) is 0 Å². The van der Waals surface area contributed by atoms with Gasteiger partial charge in [0.05, 0.1) is 12.9 Å².